The van der Waals surface area contributed by atoms with Gasteiger partial charge in [0, 0.05) is 23.7 Å². The van der Waals surface area contributed by atoms with Crippen molar-refractivity contribution in [3.8, 4) is 0 Å². The molecule has 3 N–H and O–H groups in total. The first-order chi connectivity index (χ1) is 13.1. The van der Waals surface area contributed by atoms with Gasteiger partial charge in [-0.05, 0) is 49.7 Å². The van der Waals surface area contributed by atoms with E-state index in [-0.39, 0.29) is 23.0 Å². The van der Waals surface area contributed by atoms with E-state index in [2.05, 4.69) is 22.9 Å². The SMILES string of the molecule is CCCCCCC(=O)NC(=S)Nc1cccc(C(=O)NC2CCCCC2)c1. The van der Waals surface area contributed by atoms with Crippen LogP contribution in [0.15, 0.2) is 24.3 Å². The summed E-state index contributed by atoms with van der Waals surface area (Å²) in [6, 6.07) is 7.47. The molecule has 148 valence electrons. The van der Waals surface area contributed by atoms with Gasteiger partial charge < -0.3 is 16.0 Å². The molecule has 0 aromatic heterocycles. The van der Waals surface area contributed by atoms with E-state index in [1.165, 1.54) is 19.3 Å². The van der Waals surface area contributed by atoms with E-state index in [4.69, 9.17) is 12.2 Å². The molecular weight excluding hydrogens is 358 g/mol. The first-order valence-electron chi connectivity index (χ1n) is 10.1. The van der Waals surface area contributed by atoms with Crippen molar-refractivity contribution in [3.63, 3.8) is 0 Å². The number of benzene rings is 1. The first-order valence-corrected chi connectivity index (χ1v) is 10.5. The number of rotatable bonds is 8. The highest BCUT2D eigenvalue weighted by molar-refractivity contribution is 7.80. The summed E-state index contributed by atoms with van der Waals surface area (Å²) in [6.45, 7) is 2.14. The minimum atomic E-state index is -0.0743. The third-order valence-electron chi connectivity index (χ3n) is 4.83. The Bertz CT molecular complexity index is 642. The summed E-state index contributed by atoms with van der Waals surface area (Å²) < 4.78 is 0. The highest BCUT2D eigenvalue weighted by Gasteiger charge is 2.17. The third kappa shape index (κ3) is 8.08. The van der Waals surface area contributed by atoms with Gasteiger partial charge in [0.1, 0.15) is 0 Å². The number of unbranched alkanes of at least 4 members (excludes halogenated alkanes) is 3. The van der Waals surface area contributed by atoms with Crippen LogP contribution in [0.1, 0.15) is 81.5 Å². The van der Waals surface area contributed by atoms with Gasteiger partial charge in [-0.1, -0.05) is 51.5 Å². The number of anilines is 1. The molecule has 0 spiro atoms. The van der Waals surface area contributed by atoms with Gasteiger partial charge in [-0.3, -0.25) is 9.59 Å². The van der Waals surface area contributed by atoms with Crippen LogP contribution in [-0.2, 0) is 4.79 Å². The molecule has 0 radical (unpaired) electrons. The van der Waals surface area contributed by atoms with Crippen molar-refractivity contribution in [2.24, 2.45) is 0 Å². The summed E-state index contributed by atoms with van der Waals surface area (Å²) in [5, 5.41) is 9.07. The second-order valence-corrected chi connectivity index (χ2v) is 7.61. The zero-order valence-corrected chi connectivity index (χ0v) is 17.0. The van der Waals surface area contributed by atoms with Gasteiger partial charge >= 0.3 is 0 Å². The Morgan fingerprint density at radius 2 is 1.89 bits per heavy atom. The number of hydrogen-bond acceptors (Lipinski definition) is 3. The minimum absolute atomic E-state index is 0.0589. The molecule has 1 aliphatic rings. The van der Waals surface area contributed by atoms with Crippen molar-refractivity contribution in [1.29, 1.82) is 0 Å². The Hall–Kier alpha value is -1.95. The van der Waals surface area contributed by atoms with Crippen molar-refractivity contribution < 1.29 is 9.59 Å². The fourth-order valence-electron chi connectivity index (χ4n) is 3.32. The van der Waals surface area contributed by atoms with E-state index in [1.54, 1.807) is 12.1 Å². The molecule has 2 rings (SSSR count). The van der Waals surface area contributed by atoms with Crippen LogP contribution in [0.3, 0.4) is 0 Å². The van der Waals surface area contributed by atoms with E-state index in [0.717, 1.165) is 38.5 Å². The predicted octanol–water partition coefficient (Wildman–Crippen LogP) is 4.53. The Balaban J connectivity index is 1.80. The summed E-state index contributed by atoms with van der Waals surface area (Å²) >= 11 is 5.21. The van der Waals surface area contributed by atoms with Gasteiger partial charge in [-0.2, -0.15) is 0 Å². The molecule has 1 aliphatic carbocycles. The van der Waals surface area contributed by atoms with Crippen LogP contribution in [0, 0.1) is 0 Å². The molecule has 0 heterocycles. The molecule has 0 saturated heterocycles. The van der Waals surface area contributed by atoms with Crippen LogP contribution in [-0.4, -0.2) is 23.0 Å². The van der Waals surface area contributed by atoms with Crippen molar-refractivity contribution in [3.05, 3.63) is 29.8 Å². The fraction of sp³-hybridized carbons (Fsp3) is 0.571. The topological polar surface area (TPSA) is 70.2 Å². The van der Waals surface area contributed by atoms with E-state index < -0.39 is 0 Å². The molecule has 27 heavy (non-hydrogen) atoms. The van der Waals surface area contributed by atoms with Crippen LogP contribution in [0.5, 0.6) is 0 Å². The van der Waals surface area contributed by atoms with Gasteiger partial charge in [0.25, 0.3) is 5.91 Å². The second kappa shape index (κ2) is 11.7. The van der Waals surface area contributed by atoms with Gasteiger partial charge in [0.15, 0.2) is 5.11 Å². The Morgan fingerprint density at radius 3 is 2.63 bits per heavy atom. The average molecular weight is 390 g/mol. The van der Waals surface area contributed by atoms with Crippen molar-refractivity contribution in [1.82, 2.24) is 10.6 Å². The highest BCUT2D eigenvalue weighted by Crippen LogP contribution is 2.18. The number of carbonyl (C=O) groups is 2. The quantitative estimate of drug-likeness (QED) is 0.451. The van der Waals surface area contributed by atoms with Crippen LogP contribution in [0.4, 0.5) is 5.69 Å². The predicted molar refractivity (Wildman–Crippen MR) is 114 cm³/mol. The van der Waals surface area contributed by atoms with Gasteiger partial charge in [-0.15, -0.1) is 0 Å². The molecule has 1 aromatic carbocycles. The smallest absolute Gasteiger partial charge is 0.251 e. The number of hydrogen-bond donors (Lipinski definition) is 3. The molecule has 1 saturated carbocycles. The Kier molecular flexibility index (Phi) is 9.25. The lowest BCUT2D eigenvalue weighted by molar-refractivity contribution is -0.119. The summed E-state index contributed by atoms with van der Waals surface area (Å²) in [4.78, 5) is 24.4. The number of carbonyl (C=O) groups excluding carboxylic acids is 2. The maximum atomic E-state index is 12.5. The summed E-state index contributed by atoms with van der Waals surface area (Å²) in [7, 11) is 0. The van der Waals surface area contributed by atoms with Crippen molar-refractivity contribution in [2.75, 3.05) is 5.32 Å². The van der Waals surface area contributed by atoms with Gasteiger partial charge in [0.05, 0.1) is 0 Å². The summed E-state index contributed by atoms with van der Waals surface area (Å²) in [5.41, 5.74) is 1.29. The molecule has 0 atom stereocenters. The van der Waals surface area contributed by atoms with Crippen LogP contribution < -0.4 is 16.0 Å². The lowest BCUT2D eigenvalue weighted by Crippen LogP contribution is -2.36. The largest absolute Gasteiger partial charge is 0.349 e. The molecule has 5 nitrogen and oxygen atoms in total. The zero-order chi connectivity index (χ0) is 19.5. The first kappa shape index (κ1) is 21.4. The summed E-state index contributed by atoms with van der Waals surface area (Å²) in [5.74, 6) is -0.133. The highest BCUT2D eigenvalue weighted by atomic mass is 32.1. The van der Waals surface area contributed by atoms with Crippen LogP contribution in [0.25, 0.3) is 0 Å². The van der Waals surface area contributed by atoms with Gasteiger partial charge in [0.2, 0.25) is 5.91 Å². The standard InChI is InChI=1S/C21H31N3O2S/c1-2-3-4-8-14-19(25)24-21(27)23-18-13-9-10-16(15-18)20(26)22-17-11-6-5-7-12-17/h9-10,13,15,17H,2-8,11-12,14H2,1H3,(H,22,26)(H2,23,24,25,27). The van der Waals surface area contributed by atoms with E-state index in [9.17, 15) is 9.59 Å². The molecular formula is C21H31N3O2S. The Morgan fingerprint density at radius 1 is 1.11 bits per heavy atom. The monoisotopic (exact) mass is 389 g/mol. The summed E-state index contributed by atoms with van der Waals surface area (Å²) in [6.07, 6.45) is 10.4. The Labute approximate surface area is 167 Å². The lowest BCUT2D eigenvalue weighted by Gasteiger charge is -2.22. The molecule has 6 heteroatoms. The molecule has 2 amide bonds. The minimum Gasteiger partial charge on any atom is -0.349 e. The van der Waals surface area contributed by atoms with E-state index in [0.29, 0.717) is 17.7 Å². The number of thiocarbonyl (C=S) groups is 1. The van der Waals surface area contributed by atoms with Crippen molar-refractivity contribution >= 4 is 34.8 Å². The van der Waals surface area contributed by atoms with Crippen LogP contribution in [0.2, 0.25) is 0 Å². The zero-order valence-electron chi connectivity index (χ0n) is 16.2. The molecule has 0 bridgehead atoms. The normalized spacial score (nSPS) is 14.4. The fourth-order valence-corrected chi connectivity index (χ4v) is 3.55. The van der Waals surface area contributed by atoms with E-state index in [1.807, 2.05) is 12.1 Å². The van der Waals surface area contributed by atoms with E-state index >= 15 is 0 Å². The lowest BCUT2D eigenvalue weighted by atomic mass is 9.95. The number of amides is 2. The molecule has 0 unspecified atom stereocenters. The van der Waals surface area contributed by atoms with Gasteiger partial charge in [-0.25, -0.2) is 0 Å². The van der Waals surface area contributed by atoms with Crippen LogP contribution >= 0.6 is 12.2 Å². The molecule has 1 fully saturated rings. The maximum Gasteiger partial charge on any atom is 0.251 e. The molecule has 0 aliphatic heterocycles. The molecule has 1 aromatic rings. The maximum absolute atomic E-state index is 12.5. The average Bonchev–Trinajstić information content (AvgIpc) is 2.66. The number of nitrogens with one attached hydrogen (secondary N) is 3. The second-order valence-electron chi connectivity index (χ2n) is 7.20. The third-order valence-corrected chi connectivity index (χ3v) is 5.04. The van der Waals surface area contributed by atoms with Crippen molar-refractivity contribution in [2.45, 2.75) is 77.2 Å².